The first-order valence-electron chi connectivity index (χ1n) is 7.45. The average molecular weight is 472 g/mol. The summed E-state index contributed by atoms with van der Waals surface area (Å²) in [6, 6.07) is 9.42. The van der Waals surface area contributed by atoms with Crippen molar-refractivity contribution in [2.24, 2.45) is 5.92 Å². The first-order chi connectivity index (χ1) is 11.8. The lowest BCUT2D eigenvalue weighted by Crippen LogP contribution is -2.14. The van der Waals surface area contributed by atoms with Gasteiger partial charge in [0.05, 0.1) is 6.61 Å². The number of rotatable bonds is 6. The number of halogens is 2. The number of benzene rings is 2. The highest BCUT2D eigenvalue weighted by Gasteiger charge is 2.20. The molecule has 7 heteroatoms. The van der Waals surface area contributed by atoms with Crippen molar-refractivity contribution in [3.63, 3.8) is 0 Å². The van der Waals surface area contributed by atoms with E-state index in [0.717, 1.165) is 0 Å². The fourth-order valence-corrected chi connectivity index (χ4v) is 2.68. The van der Waals surface area contributed by atoms with E-state index in [4.69, 9.17) is 9.47 Å². The van der Waals surface area contributed by atoms with Crippen LogP contribution in [0.25, 0.3) is 0 Å². The van der Waals surface area contributed by atoms with Crippen molar-refractivity contribution in [2.75, 3.05) is 6.61 Å². The topological polar surface area (TPSA) is 72.8 Å². The fourth-order valence-electron chi connectivity index (χ4n) is 1.96. The number of ether oxygens (including phenoxy) is 2. The third-order valence-electron chi connectivity index (χ3n) is 3.11. The zero-order chi connectivity index (χ0) is 18.6. The molecule has 0 saturated heterocycles. The van der Waals surface area contributed by atoms with Crippen molar-refractivity contribution in [3.8, 4) is 11.5 Å². The number of carboxylic acid groups (broad SMARTS) is 1. The van der Waals surface area contributed by atoms with Crippen molar-refractivity contribution in [2.45, 2.75) is 13.8 Å². The molecule has 0 heterocycles. The summed E-state index contributed by atoms with van der Waals surface area (Å²) in [7, 11) is 0. The Kier molecular flexibility index (Phi) is 6.61. The van der Waals surface area contributed by atoms with E-state index >= 15 is 0 Å². The van der Waals surface area contributed by atoms with E-state index < -0.39 is 11.9 Å². The molecule has 0 aliphatic heterocycles. The number of hydrogen-bond acceptors (Lipinski definition) is 4. The zero-order valence-corrected chi connectivity index (χ0v) is 16.8. The summed E-state index contributed by atoms with van der Waals surface area (Å²) < 4.78 is 12.2. The number of carbonyl (C=O) groups is 2. The summed E-state index contributed by atoms with van der Waals surface area (Å²) >= 11 is 6.51. The van der Waals surface area contributed by atoms with Crippen LogP contribution in [0.1, 0.15) is 34.6 Å². The van der Waals surface area contributed by atoms with Gasteiger partial charge in [0.25, 0.3) is 0 Å². The van der Waals surface area contributed by atoms with E-state index in [1.165, 1.54) is 12.1 Å². The van der Waals surface area contributed by atoms with E-state index in [0.29, 0.717) is 21.3 Å². The standard InChI is InChI=1S/C18H16Br2O5/c1-10(2)9-24-15-5-3-12(20)8-14(15)18(23)25-16-6-4-11(19)7-13(16)17(21)22/h3-8,10H,9H2,1-2H3,(H,21,22). The van der Waals surface area contributed by atoms with Gasteiger partial charge in [-0.05, 0) is 42.3 Å². The summed E-state index contributed by atoms with van der Waals surface area (Å²) in [6.45, 7) is 4.44. The molecule has 2 aromatic rings. The van der Waals surface area contributed by atoms with Gasteiger partial charge in [-0.2, -0.15) is 0 Å². The van der Waals surface area contributed by atoms with Gasteiger partial charge in [-0.15, -0.1) is 0 Å². The predicted octanol–water partition coefficient (Wildman–Crippen LogP) is 5.16. The quantitative estimate of drug-likeness (QED) is 0.465. The molecule has 0 saturated carbocycles. The molecule has 132 valence electrons. The molecular formula is C18H16Br2O5. The first-order valence-corrected chi connectivity index (χ1v) is 9.04. The Morgan fingerprint density at radius 3 is 2.12 bits per heavy atom. The number of carbonyl (C=O) groups excluding carboxylic acids is 1. The highest BCUT2D eigenvalue weighted by atomic mass is 79.9. The summed E-state index contributed by atoms with van der Waals surface area (Å²) in [6.07, 6.45) is 0. The molecule has 0 radical (unpaired) electrons. The van der Waals surface area contributed by atoms with E-state index in [2.05, 4.69) is 31.9 Å². The van der Waals surface area contributed by atoms with Crippen molar-refractivity contribution < 1.29 is 24.2 Å². The molecule has 0 bridgehead atoms. The smallest absolute Gasteiger partial charge is 0.347 e. The van der Waals surface area contributed by atoms with Crippen LogP contribution in [0.15, 0.2) is 45.3 Å². The fraction of sp³-hybridized carbons (Fsp3) is 0.222. The molecule has 0 aromatic heterocycles. The van der Waals surface area contributed by atoms with Gasteiger partial charge < -0.3 is 14.6 Å². The van der Waals surface area contributed by atoms with Crippen LogP contribution in [0.5, 0.6) is 11.5 Å². The Morgan fingerprint density at radius 2 is 1.56 bits per heavy atom. The van der Waals surface area contributed by atoms with Crippen LogP contribution >= 0.6 is 31.9 Å². The first kappa shape index (κ1) is 19.5. The van der Waals surface area contributed by atoms with Gasteiger partial charge in [0, 0.05) is 8.95 Å². The van der Waals surface area contributed by atoms with Crippen LogP contribution in [0.2, 0.25) is 0 Å². The van der Waals surface area contributed by atoms with Gasteiger partial charge in [0.15, 0.2) is 0 Å². The van der Waals surface area contributed by atoms with E-state index in [9.17, 15) is 14.7 Å². The zero-order valence-electron chi connectivity index (χ0n) is 13.6. The Morgan fingerprint density at radius 1 is 1.00 bits per heavy atom. The lowest BCUT2D eigenvalue weighted by atomic mass is 10.2. The Bertz CT molecular complexity index is 802. The van der Waals surface area contributed by atoms with Crippen molar-refractivity contribution >= 4 is 43.8 Å². The van der Waals surface area contributed by atoms with Gasteiger partial charge >= 0.3 is 11.9 Å². The second kappa shape index (κ2) is 8.49. The summed E-state index contributed by atoms with van der Waals surface area (Å²) in [5.74, 6) is -1.23. The lowest BCUT2D eigenvalue weighted by molar-refractivity contribution is 0.0680. The largest absolute Gasteiger partial charge is 0.492 e. The molecule has 2 rings (SSSR count). The molecule has 2 aromatic carbocycles. The van der Waals surface area contributed by atoms with Gasteiger partial charge in [0.1, 0.15) is 22.6 Å². The molecule has 5 nitrogen and oxygen atoms in total. The molecule has 0 unspecified atom stereocenters. The summed E-state index contributed by atoms with van der Waals surface area (Å²) in [5.41, 5.74) is 0.108. The Balaban J connectivity index is 2.32. The van der Waals surface area contributed by atoms with E-state index in [1.54, 1.807) is 24.3 Å². The average Bonchev–Trinajstić information content (AvgIpc) is 2.54. The highest BCUT2D eigenvalue weighted by Crippen LogP contribution is 2.28. The molecule has 0 atom stereocenters. The van der Waals surface area contributed by atoms with Crippen LogP contribution in [-0.4, -0.2) is 23.7 Å². The minimum atomic E-state index is -1.19. The molecule has 0 aliphatic rings. The normalized spacial score (nSPS) is 10.6. The molecule has 0 spiro atoms. The lowest BCUT2D eigenvalue weighted by Gasteiger charge is -2.14. The Labute approximate surface area is 162 Å². The molecule has 0 fully saturated rings. The molecule has 1 N–H and O–H groups in total. The summed E-state index contributed by atoms with van der Waals surface area (Å²) in [4.78, 5) is 23.9. The minimum absolute atomic E-state index is 0.0320. The SMILES string of the molecule is CC(C)COc1ccc(Br)cc1C(=O)Oc1ccc(Br)cc1C(=O)O. The number of esters is 1. The highest BCUT2D eigenvalue weighted by molar-refractivity contribution is 9.10. The van der Waals surface area contributed by atoms with Crippen LogP contribution < -0.4 is 9.47 Å². The number of aromatic carboxylic acids is 1. The molecule has 25 heavy (non-hydrogen) atoms. The maximum atomic E-state index is 12.6. The Hall–Kier alpha value is -1.86. The monoisotopic (exact) mass is 470 g/mol. The molecular weight excluding hydrogens is 456 g/mol. The van der Waals surface area contributed by atoms with Crippen molar-refractivity contribution in [1.29, 1.82) is 0 Å². The number of carboxylic acids is 1. The van der Waals surface area contributed by atoms with Crippen LogP contribution in [0, 0.1) is 5.92 Å². The molecule has 0 aliphatic carbocycles. The van der Waals surface area contributed by atoms with Crippen LogP contribution in [0.3, 0.4) is 0 Å². The van der Waals surface area contributed by atoms with E-state index in [-0.39, 0.29) is 22.8 Å². The molecule has 0 amide bonds. The van der Waals surface area contributed by atoms with Gasteiger partial charge in [-0.1, -0.05) is 45.7 Å². The summed E-state index contributed by atoms with van der Waals surface area (Å²) in [5, 5.41) is 9.27. The number of hydrogen-bond donors (Lipinski definition) is 1. The third kappa shape index (κ3) is 5.31. The predicted molar refractivity (Wildman–Crippen MR) is 101 cm³/mol. The van der Waals surface area contributed by atoms with E-state index in [1.807, 2.05) is 13.8 Å². The van der Waals surface area contributed by atoms with Gasteiger partial charge in [-0.3, -0.25) is 0 Å². The third-order valence-corrected chi connectivity index (χ3v) is 4.09. The van der Waals surface area contributed by atoms with Crippen molar-refractivity contribution in [3.05, 3.63) is 56.5 Å². The second-order valence-electron chi connectivity index (χ2n) is 5.68. The van der Waals surface area contributed by atoms with Crippen LogP contribution in [0.4, 0.5) is 0 Å². The van der Waals surface area contributed by atoms with Crippen LogP contribution in [-0.2, 0) is 0 Å². The van der Waals surface area contributed by atoms with Gasteiger partial charge in [-0.25, -0.2) is 9.59 Å². The maximum Gasteiger partial charge on any atom is 0.347 e. The maximum absolute atomic E-state index is 12.6. The second-order valence-corrected chi connectivity index (χ2v) is 7.51. The van der Waals surface area contributed by atoms with Crippen molar-refractivity contribution in [1.82, 2.24) is 0 Å². The minimum Gasteiger partial charge on any atom is -0.492 e. The van der Waals surface area contributed by atoms with Gasteiger partial charge in [0.2, 0.25) is 0 Å².